The summed E-state index contributed by atoms with van der Waals surface area (Å²) >= 11 is 5.81. The van der Waals surface area contributed by atoms with Crippen molar-refractivity contribution < 1.29 is 9.59 Å². The van der Waals surface area contributed by atoms with Gasteiger partial charge in [-0.15, -0.1) is 0 Å². The summed E-state index contributed by atoms with van der Waals surface area (Å²) in [5, 5.41) is 2.80. The number of benzene rings is 1. The smallest absolute Gasteiger partial charge is 0.333 e. The zero-order valence-electron chi connectivity index (χ0n) is 8.71. The van der Waals surface area contributed by atoms with Crippen LogP contribution in [0.15, 0.2) is 24.3 Å². The summed E-state index contributed by atoms with van der Waals surface area (Å²) in [6.07, 6.45) is 0. The van der Waals surface area contributed by atoms with Crippen LogP contribution in [-0.4, -0.2) is 18.5 Å². The maximum atomic E-state index is 11.5. The molecule has 1 rings (SSSR count). The van der Waals surface area contributed by atoms with Crippen LogP contribution in [0.1, 0.15) is 17.3 Å². The molecule has 0 atom stereocenters. The van der Waals surface area contributed by atoms with Gasteiger partial charge >= 0.3 is 6.03 Å². The van der Waals surface area contributed by atoms with E-state index in [0.717, 1.165) is 0 Å². The quantitative estimate of drug-likeness (QED) is 0.683. The van der Waals surface area contributed by atoms with Crippen LogP contribution < -0.4 is 16.2 Å². The highest BCUT2D eigenvalue weighted by atomic mass is 35.5. The summed E-state index contributed by atoms with van der Waals surface area (Å²) in [6, 6.07) is 6.10. The lowest BCUT2D eigenvalue weighted by Crippen LogP contribution is -2.46. The predicted octanol–water partition coefficient (Wildman–Crippen LogP) is 1.30. The van der Waals surface area contributed by atoms with E-state index < -0.39 is 11.9 Å². The lowest BCUT2D eigenvalue weighted by Gasteiger charge is -2.08. The Balaban J connectivity index is 2.54. The first-order valence-electron chi connectivity index (χ1n) is 4.74. The summed E-state index contributed by atoms with van der Waals surface area (Å²) in [4.78, 5) is 22.5. The molecule has 5 nitrogen and oxygen atoms in total. The molecule has 0 aliphatic rings. The molecule has 0 bridgehead atoms. The maximum absolute atomic E-state index is 11.5. The molecule has 0 saturated heterocycles. The molecule has 0 unspecified atom stereocenters. The van der Waals surface area contributed by atoms with Gasteiger partial charge in [-0.3, -0.25) is 10.2 Å². The van der Waals surface area contributed by atoms with Crippen molar-refractivity contribution in [2.75, 3.05) is 6.54 Å². The molecular formula is C10H12ClN3O2. The minimum absolute atomic E-state index is 0.306. The first-order valence-corrected chi connectivity index (χ1v) is 5.11. The van der Waals surface area contributed by atoms with Crippen molar-refractivity contribution in [3.8, 4) is 0 Å². The van der Waals surface area contributed by atoms with Crippen molar-refractivity contribution in [3.63, 3.8) is 0 Å². The van der Waals surface area contributed by atoms with Crippen LogP contribution in [-0.2, 0) is 0 Å². The molecule has 0 saturated carbocycles. The van der Waals surface area contributed by atoms with E-state index in [1.165, 1.54) is 0 Å². The minimum Gasteiger partial charge on any atom is -0.337 e. The van der Waals surface area contributed by atoms with Crippen molar-refractivity contribution in [3.05, 3.63) is 34.9 Å². The largest absolute Gasteiger partial charge is 0.337 e. The van der Waals surface area contributed by atoms with Gasteiger partial charge in [-0.25, -0.2) is 10.2 Å². The van der Waals surface area contributed by atoms with Crippen molar-refractivity contribution in [2.24, 2.45) is 0 Å². The summed E-state index contributed by atoms with van der Waals surface area (Å²) < 4.78 is 0. The average molecular weight is 242 g/mol. The van der Waals surface area contributed by atoms with Crippen molar-refractivity contribution in [1.82, 2.24) is 16.2 Å². The van der Waals surface area contributed by atoms with Gasteiger partial charge in [0.25, 0.3) is 5.91 Å². The first kappa shape index (κ1) is 12.3. The summed E-state index contributed by atoms with van der Waals surface area (Å²) in [7, 11) is 0. The SMILES string of the molecule is CCNC(=O)NNC(=O)c1ccccc1Cl. The minimum atomic E-state index is -0.470. The highest BCUT2D eigenvalue weighted by Crippen LogP contribution is 2.13. The number of hydrogen-bond acceptors (Lipinski definition) is 2. The standard InChI is InChI=1S/C10H12ClN3O2/c1-2-12-10(16)14-13-9(15)7-5-3-4-6-8(7)11/h3-6H,2H2,1H3,(H,13,15)(H2,12,14,16). The van der Waals surface area contributed by atoms with Crippen LogP contribution in [0.25, 0.3) is 0 Å². The molecule has 0 aliphatic carbocycles. The lowest BCUT2D eigenvalue weighted by molar-refractivity contribution is 0.0936. The molecule has 0 radical (unpaired) electrons. The van der Waals surface area contributed by atoms with Crippen LogP contribution in [0.3, 0.4) is 0 Å². The van der Waals surface area contributed by atoms with Gasteiger partial charge in [-0.1, -0.05) is 23.7 Å². The number of hydrazine groups is 1. The Bertz CT molecular complexity index is 395. The second-order valence-electron chi connectivity index (χ2n) is 2.92. The third kappa shape index (κ3) is 3.43. The number of carbonyl (C=O) groups is 2. The van der Waals surface area contributed by atoms with E-state index in [9.17, 15) is 9.59 Å². The van der Waals surface area contributed by atoms with Crippen LogP contribution in [0.5, 0.6) is 0 Å². The molecule has 86 valence electrons. The molecule has 6 heteroatoms. The molecule has 0 aromatic heterocycles. The van der Waals surface area contributed by atoms with Crippen molar-refractivity contribution >= 4 is 23.5 Å². The van der Waals surface area contributed by atoms with Gasteiger partial charge in [-0.2, -0.15) is 0 Å². The topological polar surface area (TPSA) is 70.2 Å². The zero-order valence-corrected chi connectivity index (χ0v) is 9.47. The Morgan fingerprint density at radius 2 is 1.94 bits per heavy atom. The summed E-state index contributed by atoms with van der Waals surface area (Å²) in [6.45, 7) is 2.25. The molecule has 3 N–H and O–H groups in total. The van der Waals surface area contributed by atoms with Crippen LogP contribution in [0, 0.1) is 0 Å². The molecule has 0 heterocycles. The molecular weight excluding hydrogens is 230 g/mol. The number of rotatable bonds is 2. The Hall–Kier alpha value is -1.75. The summed E-state index contributed by atoms with van der Waals surface area (Å²) in [5.41, 5.74) is 4.75. The van der Waals surface area contributed by atoms with Gasteiger partial charge in [0.1, 0.15) is 0 Å². The average Bonchev–Trinajstić information content (AvgIpc) is 2.27. The van der Waals surface area contributed by atoms with E-state index in [-0.39, 0.29) is 0 Å². The lowest BCUT2D eigenvalue weighted by atomic mass is 10.2. The molecule has 0 spiro atoms. The molecule has 0 aliphatic heterocycles. The third-order valence-corrected chi connectivity index (χ3v) is 2.07. The number of carbonyl (C=O) groups excluding carboxylic acids is 2. The molecule has 1 aromatic carbocycles. The van der Waals surface area contributed by atoms with Gasteiger partial charge in [-0.05, 0) is 19.1 Å². The van der Waals surface area contributed by atoms with E-state index in [4.69, 9.17) is 11.6 Å². The molecule has 0 fully saturated rings. The van der Waals surface area contributed by atoms with Crippen molar-refractivity contribution in [2.45, 2.75) is 6.92 Å². The van der Waals surface area contributed by atoms with E-state index >= 15 is 0 Å². The predicted molar refractivity (Wildman–Crippen MR) is 61.1 cm³/mol. The van der Waals surface area contributed by atoms with Gasteiger partial charge in [0.2, 0.25) is 0 Å². The first-order chi connectivity index (χ1) is 7.65. The van der Waals surface area contributed by atoms with Crippen molar-refractivity contribution in [1.29, 1.82) is 0 Å². The van der Waals surface area contributed by atoms with Crippen LogP contribution in [0.2, 0.25) is 5.02 Å². The zero-order chi connectivity index (χ0) is 12.0. The number of halogens is 1. The maximum Gasteiger partial charge on any atom is 0.333 e. The molecule has 3 amide bonds. The number of urea groups is 1. The Morgan fingerprint density at radius 3 is 2.56 bits per heavy atom. The second-order valence-corrected chi connectivity index (χ2v) is 3.33. The van der Waals surface area contributed by atoms with Gasteiger partial charge in [0, 0.05) is 6.54 Å². The second kappa shape index (κ2) is 5.97. The Morgan fingerprint density at radius 1 is 1.25 bits per heavy atom. The summed E-state index contributed by atoms with van der Waals surface area (Å²) in [5.74, 6) is -0.461. The number of nitrogens with one attached hydrogen (secondary N) is 3. The fourth-order valence-electron chi connectivity index (χ4n) is 1.03. The highest BCUT2D eigenvalue weighted by molar-refractivity contribution is 6.33. The van der Waals surface area contributed by atoms with Gasteiger partial charge in [0.05, 0.1) is 10.6 Å². The van der Waals surface area contributed by atoms with E-state index in [2.05, 4.69) is 16.2 Å². The highest BCUT2D eigenvalue weighted by Gasteiger charge is 2.09. The third-order valence-electron chi connectivity index (χ3n) is 1.75. The molecule has 16 heavy (non-hydrogen) atoms. The van der Waals surface area contributed by atoms with E-state index in [1.54, 1.807) is 31.2 Å². The Labute approximate surface area is 98.1 Å². The Kier molecular flexibility index (Phi) is 4.60. The van der Waals surface area contributed by atoms with Gasteiger partial charge in [0.15, 0.2) is 0 Å². The van der Waals surface area contributed by atoms with Crippen LogP contribution >= 0.6 is 11.6 Å². The van der Waals surface area contributed by atoms with E-state index in [1.807, 2.05) is 0 Å². The number of amides is 3. The molecule has 1 aromatic rings. The fourth-order valence-corrected chi connectivity index (χ4v) is 1.25. The normalized spacial score (nSPS) is 9.38. The van der Waals surface area contributed by atoms with Gasteiger partial charge < -0.3 is 5.32 Å². The number of hydrogen-bond donors (Lipinski definition) is 3. The fraction of sp³-hybridized carbons (Fsp3) is 0.200. The van der Waals surface area contributed by atoms with E-state index in [0.29, 0.717) is 17.1 Å². The monoisotopic (exact) mass is 241 g/mol. The van der Waals surface area contributed by atoms with Crippen LogP contribution in [0.4, 0.5) is 4.79 Å².